The van der Waals surface area contributed by atoms with Crippen molar-refractivity contribution in [2.24, 2.45) is 7.05 Å². The molecule has 35 heavy (non-hydrogen) atoms. The van der Waals surface area contributed by atoms with Crippen LogP contribution in [0.2, 0.25) is 5.02 Å². The molecule has 2 heterocycles. The van der Waals surface area contributed by atoms with Crippen LogP contribution in [0.5, 0.6) is 17.2 Å². The van der Waals surface area contributed by atoms with Crippen molar-refractivity contribution in [1.82, 2.24) is 14.7 Å². The molecule has 0 spiro atoms. The Hall–Kier alpha value is -3.56. The Balaban J connectivity index is 1.58. The fourth-order valence-corrected chi connectivity index (χ4v) is 3.77. The summed E-state index contributed by atoms with van der Waals surface area (Å²) in [5.41, 5.74) is 0.816. The number of amides is 2. The number of nitrogens with one attached hydrogen (secondary N) is 1. The number of hydrogen-bond donors (Lipinski definition) is 1. The molecule has 10 heteroatoms. The average Bonchev–Trinajstić information content (AvgIpc) is 3.18. The van der Waals surface area contributed by atoms with Crippen molar-refractivity contribution in [3.8, 4) is 17.2 Å². The molecule has 4 rings (SSSR count). The molecule has 0 saturated carbocycles. The molecule has 2 aromatic carbocycles. The third-order valence-electron chi connectivity index (χ3n) is 5.39. The summed E-state index contributed by atoms with van der Waals surface area (Å²) in [4.78, 5) is 27.1. The molecule has 0 aliphatic carbocycles. The van der Waals surface area contributed by atoms with Gasteiger partial charge >= 0.3 is 0 Å². The quantitative estimate of drug-likeness (QED) is 0.470. The number of nitrogens with zero attached hydrogens (tertiary/aromatic N) is 3. The van der Waals surface area contributed by atoms with Gasteiger partial charge in [0.05, 0.1) is 11.6 Å². The number of halogens is 1. The van der Waals surface area contributed by atoms with Gasteiger partial charge in [-0.2, -0.15) is 5.10 Å². The number of carbonyl (C=O) groups is 2. The van der Waals surface area contributed by atoms with Gasteiger partial charge in [0.1, 0.15) is 23.4 Å². The van der Waals surface area contributed by atoms with E-state index in [1.54, 1.807) is 72.4 Å². The molecule has 0 unspecified atom stereocenters. The summed E-state index contributed by atoms with van der Waals surface area (Å²) in [7, 11) is 3.35. The predicted molar refractivity (Wildman–Crippen MR) is 132 cm³/mol. The Morgan fingerprint density at radius 1 is 1.11 bits per heavy atom. The highest BCUT2D eigenvalue weighted by molar-refractivity contribution is 6.32. The van der Waals surface area contributed by atoms with Crippen LogP contribution >= 0.6 is 11.6 Å². The molecular formula is C25H27ClN4O5. The number of carbonyl (C=O) groups excluding carboxylic acids is 2. The molecule has 0 radical (unpaired) electrons. The molecule has 3 aromatic rings. The molecule has 1 aliphatic heterocycles. The predicted octanol–water partition coefficient (Wildman–Crippen LogP) is 4.38. The van der Waals surface area contributed by atoms with Crippen molar-refractivity contribution >= 4 is 29.2 Å². The molecule has 1 N–H and O–H groups in total. The Bertz CT molecular complexity index is 1220. The van der Waals surface area contributed by atoms with Crippen LogP contribution in [0.15, 0.2) is 48.7 Å². The molecule has 9 nitrogen and oxygen atoms in total. The van der Waals surface area contributed by atoms with Gasteiger partial charge < -0.3 is 24.4 Å². The van der Waals surface area contributed by atoms with Crippen LogP contribution in [0, 0.1) is 0 Å². The number of aromatic nitrogens is 2. The highest BCUT2D eigenvalue weighted by atomic mass is 35.5. The first-order valence-electron chi connectivity index (χ1n) is 11.2. The van der Waals surface area contributed by atoms with E-state index in [1.807, 2.05) is 6.92 Å². The lowest BCUT2D eigenvalue weighted by atomic mass is 10.1. The fraction of sp³-hybridized carbons (Fsp3) is 0.320. The summed E-state index contributed by atoms with van der Waals surface area (Å²) in [5.74, 6) is 1.12. The SMILES string of the molecule is COC[C@H](C)Oc1cc(Oc2ccc(C(=O)N3CCC3)cc2Cl)cc(C(=O)Nc2ccn(C)n2)c1. The lowest BCUT2D eigenvalue weighted by Gasteiger charge is -2.31. The van der Waals surface area contributed by atoms with Crippen LogP contribution in [-0.2, 0) is 11.8 Å². The molecule has 1 aromatic heterocycles. The molecule has 184 valence electrons. The lowest BCUT2D eigenvalue weighted by molar-refractivity contribution is 0.0651. The Morgan fingerprint density at radius 3 is 2.51 bits per heavy atom. The topological polar surface area (TPSA) is 94.9 Å². The van der Waals surface area contributed by atoms with E-state index in [-0.39, 0.29) is 22.9 Å². The van der Waals surface area contributed by atoms with Crippen molar-refractivity contribution in [1.29, 1.82) is 0 Å². The lowest BCUT2D eigenvalue weighted by Crippen LogP contribution is -2.41. The van der Waals surface area contributed by atoms with Gasteiger partial charge in [0.2, 0.25) is 0 Å². The summed E-state index contributed by atoms with van der Waals surface area (Å²) in [5, 5.41) is 7.22. The van der Waals surface area contributed by atoms with E-state index in [1.165, 1.54) is 0 Å². The van der Waals surface area contributed by atoms with E-state index in [9.17, 15) is 9.59 Å². The number of methoxy groups -OCH3 is 1. The van der Waals surface area contributed by atoms with Crippen LogP contribution in [-0.4, -0.2) is 59.4 Å². The number of aryl methyl sites for hydroxylation is 1. The van der Waals surface area contributed by atoms with Gasteiger partial charge in [-0.05, 0) is 43.7 Å². The Morgan fingerprint density at radius 2 is 1.89 bits per heavy atom. The van der Waals surface area contributed by atoms with E-state index in [4.69, 9.17) is 25.8 Å². The van der Waals surface area contributed by atoms with Crippen LogP contribution in [0.3, 0.4) is 0 Å². The maximum atomic E-state index is 12.9. The number of rotatable bonds is 9. The minimum Gasteiger partial charge on any atom is -0.488 e. The summed E-state index contributed by atoms with van der Waals surface area (Å²) in [6.07, 6.45) is 2.49. The number of ether oxygens (including phenoxy) is 3. The average molecular weight is 499 g/mol. The van der Waals surface area contributed by atoms with Crippen molar-refractivity contribution < 1.29 is 23.8 Å². The van der Waals surface area contributed by atoms with Crippen molar-refractivity contribution in [3.05, 3.63) is 64.8 Å². The van der Waals surface area contributed by atoms with E-state index in [0.717, 1.165) is 19.5 Å². The Labute approximate surface area is 208 Å². The monoisotopic (exact) mass is 498 g/mol. The zero-order chi connectivity index (χ0) is 24.9. The fourth-order valence-electron chi connectivity index (χ4n) is 3.55. The number of benzene rings is 2. The second kappa shape index (κ2) is 10.8. The van der Waals surface area contributed by atoms with Crippen LogP contribution in [0.1, 0.15) is 34.1 Å². The van der Waals surface area contributed by atoms with Gasteiger partial charge in [-0.3, -0.25) is 14.3 Å². The molecule has 2 amide bonds. The Kier molecular flexibility index (Phi) is 7.57. The largest absolute Gasteiger partial charge is 0.488 e. The maximum absolute atomic E-state index is 12.9. The van der Waals surface area contributed by atoms with Crippen molar-refractivity contribution in [2.75, 3.05) is 32.1 Å². The molecular weight excluding hydrogens is 472 g/mol. The molecule has 1 atom stereocenters. The van der Waals surface area contributed by atoms with Gasteiger partial charge in [-0.15, -0.1) is 0 Å². The van der Waals surface area contributed by atoms with Gasteiger partial charge in [-0.1, -0.05) is 11.6 Å². The zero-order valence-electron chi connectivity index (χ0n) is 19.8. The molecule has 1 saturated heterocycles. The summed E-state index contributed by atoms with van der Waals surface area (Å²) >= 11 is 6.43. The summed E-state index contributed by atoms with van der Waals surface area (Å²) in [6, 6.07) is 11.5. The second-order valence-electron chi connectivity index (χ2n) is 8.30. The van der Waals surface area contributed by atoms with E-state index in [2.05, 4.69) is 10.4 Å². The molecule has 1 aliphatic rings. The van der Waals surface area contributed by atoms with Gasteiger partial charge in [-0.25, -0.2) is 0 Å². The number of anilines is 1. The summed E-state index contributed by atoms with van der Waals surface area (Å²) in [6.45, 7) is 3.74. The van der Waals surface area contributed by atoms with Gasteiger partial charge in [0.15, 0.2) is 5.82 Å². The van der Waals surface area contributed by atoms with Crippen LogP contribution in [0.4, 0.5) is 5.82 Å². The van der Waals surface area contributed by atoms with Gasteiger partial charge in [0.25, 0.3) is 11.8 Å². The number of hydrogen-bond acceptors (Lipinski definition) is 6. The van der Waals surface area contributed by atoms with Gasteiger partial charge in [0, 0.05) is 56.7 Å². The first-order valence-corrected chi connectivity index (χ1v) is 11.6. The minimum atomic E-state index is -0.375. The van der Waals surface area contributed by atoms with Crippen LogP contribution in [0.25, 0.3) is 0 Å². The summed E-state index contributed by atoms with van der Waals surface area (Å²) < 4.78 is 18.7. The minimum absolute atomic E-state index is 0.0549. The van der Waals surface area contributed by atoms with Crippen molar-refractivity contribution in [2.45, 2.75) is 19.4 Å². The van der Waals surface area contributed by atoms with E-state index >= 15 is 0 Å². The second-order valence-corrected chi connectivity index (χ2v) is 8.71. The van der Waals surface area contributed by atoms with E-state index < -0.39 is 0 Å². The first kappa shape index (κ1) is 24.6. The van der Waals surface area contributed by atoms with E-state index in [0.29, 0.717) is 40.8 Å². The maximum Gasteiger partial charge on any atom is 0.257 e. The third-order valence-corrected chi connectivity index (χ3v) is 5.68. The molecule has 0 bridgehead atoms. The van der Waals surface area contributed by atoms with Crippen molar-refractivity contribution in [3.63, 3.8) is 0 Å². The smallest absolute Gasteiger partial charge is 0.257 e. The zero-order valence-corrected chi connectivity index (χ0v) is 20.5. The van der Waals surface area contributed by atoms with Crippen LogP contribution < -0.4 is 14.8 Å². The highest BCUT2D eigenvalue weighted by Gasteiger charge is 2.22. The highest BCUT2D eigenvalue weighted by Crippen LogP contribution is 2.33. The first-order chi connectivity index (χ1) is 16.8. The number of likely N-dealkylation sites (tertiary alicyclic amines) is 1. The normalized spacial score (nSPS) is 13.7. The standard InChI is InChI=1S/C25H27ClN4O5/c1-16(15-33-3)34-19-11-18(24(31)27-23-7-10-29(2)28-23)12-20(14-19)35-22-6-5-17(13-21(22)26)25(32)30-8-4-9-30/h5-7,10-14,16H,4,8-9,15H2,1-3H3,(H,27,28,31)/t16-/m0/s1. The third kappa shape index (κ3) is 6.12. The molecule has 1 fully saturated rings.